The molecule has 0 aromatic heterocycles. The van der Waals surface area contributed by atoms with Crippen LogP contribution in [0.15, 0.2) is 24.3 Å². The van der Waals surface area contributed by atoms with Crippen LogP contribution in [0.5, 0.6) is 5.75 Å². The van der Waals surface area contributed by atoms with Crippen LogP contribution in [0.1, 0.15) is 12.0 Å². The number of aliphatic hydroxyl groups excluding tert-OH is 1. The first-order chi connectivity index (χ1) is 8.40. The summed E-state index contributed by atoms with van der Waals surface area (Å²) in [6.45, 7) is 2.15. The van der Waals surface area contributed by atoms with Crippen molar-refractivity contribution in [1.29, 1.82) is 0 Å². The summed E-state index contributed by atoms with van der Waals surface area (Å²) >= 11 is 0. The number of rotatable bonds is 3. The Balaban J connectivity index is 1.98. The molecule has 0 bridgehead atoms. The highest BCUT2D eigenvalue weighted by Gasteiger charge is 2.16. The van der Waals surface area contributed by atoms with Gasteiger partial charge < -0.3 is 14.6 Å². The number of benzene rings is 1. The summed E-state index contributed by atoms with van der Waals surface area (Å²) in [5.74, 6) is 6.77. The Labute approximate surface area is 101 Å². The van der Waals surface area contributed by atoms with Gasteiger partial charge in [-0.15, -0.1) is 0 Å². The molecule has 1 aliphatic heterocycles. The van der Waals surface area contributed by atoms with E-state index in [2.05, 4.69) is 11.8 Å². The van der Waals surface area contributed by atoms with Gasteiger partial charge in [0.1, 0.15) is 12.4 Å². The minimum Gasteiger partial charge on any atom is -0.492 e. The number of hydrogen-bond donors (Lipinski definition) is 1. The molecule has 1 atom stereocenters. The zero-order chi connectivity index (χ0) is 11.9. The Hall–Kier alpha value is -1.50. The van der Waals surface area contributed by atoms with E-state index in [-0.39, 0.29) is 6.61 Å². The fourth-order valence-corrected chi connectivity index (χ4v) is 1.75. The molecule has 3 nitrogen and oxygen atoms in total. The Morgan fingerprint density at radius 2 is 2.29 bits per heavy atom. The molecule has 1 fully saturated rings. The molecule has 17 heavy (non-hydrogen) atoms. The second-order valence-corrected chi connectivity index (χ2v) is 4.00. The minimum atomic E-state index is -0.134. The van der Waals surface area contributed by atoms with Crippen LogP contribution in [0.4, 0.5) is 0 Å². The molecule has 0 amide bonds. The standard InChI is InChI=1S/C14H16O3/c15-8-3-5-13-4-1-2-6-14(13)17-11-12-7-9-16-10-12/h1-2,4,6,12,15H,7-11H2. The van der Waals surface area contributed by atoms with E-state index in [1.54, 1.807) is 0 Å². The SMILES string of the molecule is OCC#Cc1ccccc1OCC1CCOC1. The third-order valence-corrected chi connectivity index (χ3v) is 2.69. The Morgan fingerprint density at radius 3 is 3.06 bits per heavy atom. The van der Waals surface area contributed by atoms with E-state index in [4.69, 9.17) is 14.6 Å². The molecule has 0 radical (unpaired) electrons. The number of para-hydroxylation sites is 1. The topological polar surface area (TPSA) is 38.7 Å². The molecule has 1 saturated heterocycles. The van der Waals surface area contributed by atoms with Gasteiger partial charge in [0, 0.05) is 12.5 Å². The molecule has 1 aliphatic rings. The molecule has 0 spiro atoms. The molecule has 1 aromatic rings. The van der Waals surface area contributed by atoms with Gasteiger partial charge in [0.05, 0.1) is 18.8 Å². The first kappa shape index (κ1) is 12.0. The highest BCUT2D eigenvalue weighted by molar-refractivity contribution is 5.45. The predicted molar refractivity (Wildman–Crippen MR) is 64.8 cm³/mol. The highest BCUT2D eigenvalue weighted by atomic mass is 16.5. The molecule has 2 rings (SSSR count). The number of ether oxygens (including phenoxy) is 2. The Morgan fingerprint density at radius 1 is 1.41 bits per heavy atom. The van der Waals surface area contributed by atoms with Gasteiger partial charge in [-0.25, -0.2) is 0 Å². The van der Waals surface area contributed by atoms with Crippen LogP contribution in [0.25, 0.3) is 0 Å². The van der Waals surface area contributed by atoms with Crippen molar-refractivity contribution in [1.82, 2.24) is 0 Å². The lowest BCUT2D eigenvalue weighted by atomic mass is 10.1. The van der Waals surface area contributed by atoms with Crippen LogP contribution in [0.2, 0.25) is 0 Å². The molecule has 1 aromatic carbocycles. The van der Waals surface area contributed by atoms with Crippen molar-refractivity contribution in [3.8, 4) is 17.6 Å². The lowest BCUT2D eigenvalue weighted by molar-refractivity contribution is 0.167. The molecule has 1 N–H and O–H groups in total. The lowest BCUT2D eigenvalue weighted by Gasteiger charge is -2.11. The summed E-state index contributed by atoms with van der Waals surface area (Å²) in [7, 11) is 0. The van der Waals surface area contributed by atoms with Gasteiger partial charge in [-0.2, -0.15) is 0 Å². The summed E-state index contributed by atoms with van der Waals surface area (Å²) < 4.78 is 11.1. The summed E-state index contributed by atoms with van der Waals surface area (Å²) in [6.07, 6.45) is 1.06. The average Bonchev–Trinajstić information content (AvgIpc) is 2.88. The maximum Gasteiger partial charge on any atom is 0.134 e. The molecule has 1 heterocycles. The van der Waals surface area contributed by atoms with Gasteiger partial charge in [0.25, 0.3) is 0 Å². The second kappa shape index (κ2) is 6.29. The van der Waals surface area contributed by atoms with Crippen LogP contribution in [-0.2, 0) is 4.74 Å². The summed E-state index contributed by atoms with van der Waals surface area (Å²) in [4.78, 5) is 0. The molecule has 3 heteroatoms. The van der Waals surface area contributed by atoms with Crippen molar-refractivity contribution in [2.45, 2.75) is 6.42 Å². The van der Waals surface area contributed by atoms with Crippen LogP contribution in [0, 0.1) is 17.8 Å². The van der Waals surface area contributed by atoms with Crippen molar-refractivity contribution in [3.05, 3.63) is 29.8 Å². The van der Waals surface area contributed by atoms with E-state index in [0.717, 1.165) is 30.9 Å². The highest BCUT2D eigenvalue weighted by Crippen LogP contribution is 2.19. The average molecular weight is 232 g/mol. The molecule has 0 saturated carbocycles. The summed E-state index contributed by atoms with van der Waals surface area (Å²) in [6, 6.07) is 7.62. The monoisotopic (exact) mass is 232 g/mol. The van der Waals surface area contributed by atoms with Gasteiger partial charge in [-0.3, -0.25) is 0 Å². The summed E-state index contributed by atoms with van der Waals surface area (Å²) in [5.41, 5.74) is 0.820. The van der Waals surface area contributed by atoms with Crippen molar-refractivity contribution in [2.24, 2.45) is 5.92 Å². The van der Waals surface area contributed by atoms with E-state index in [1.807, 2.05) is 24.3 Å². The van der Waals surface area contributed by atoms with Crippen molar-refractivity contribution < 1.29 is 14.6 Å². The quantitative estimate of drug-likeness (QED) is 0.802. The van der Waals surface area contributed by atoms with Crippen LogP contribution in [-0.4, -0.2) is 31.5 Å². The van der Waals surface area contributed by atoms with Gasteiger partial charge >= 0.3 is 0 Å². The van der Waals surface area contributed by atoms with Gasteiger partial charge in [0.2, 0.25) is 0 Å². The predicted octanol–water partition coefficient (Wildman–Crippen LogP) is 1.45. The van der Waals surface area contributed by atoms with Gasteiger partial charge in [0.15, 0.2) is 0 Å². The Kier molecular flexibility index (Phi) is 4.43. The zero-order valence-corrected chi connectivity index (χ0v) is 9.69. The van der Waals surface area contributed by atoms with Crippen molar-refractivity contribution >= 4 is 0 Å². The smallest absolute Gasteiger partial charge is 0.134 e. The molecule has 1 unspecified atom stereocenters. The van der Waals surface area contributed by atoms with E-state index >= 15 is 0 Å². The zero-order valence-electron chi connectivity index (χ0n) is 9.69. The van der Waals surface area contributed by atoms with Crippen LogP contribution < -0.4 is 4.74 Å². The van der Waals surface area contributed by atoms with Crippen molar-refractivity contribution in [2.75, 3.05) is 26.4 Å². The summed E-state index contributed by atoms with van der Waals surface area (Å²) in [5, 5.41) is 8.69. The van der Waals surface area contributed by atoms with Crippen LogP contribution >= 0.6 is 0 Å². The van der Waals surface area contributed by atoms with E-state index in [0.29, 0.717) is 12.5 Å². The van der Waals surface area contributed by atoms with E-state index in [1.165, 1.54) is 0 Å². The maximum absolute atomic E-state index is 8.69. The molecular formula is C14H16O3. The third-order valence-electron chi connectivity index (χ3n) is 2.69. The fourth-order valence-electron chi connectivity index (χ4n) is 1.75. The lowest BCUT2D eigenvalue weighted by Crippen LogP contribution is -2.12. The van der Waals surface area contributed by atoms with Crippen LogP contribution in [0.3, 0.4) is 0 Å². The first-order valence-electron chi connectivity index (χ1n) is 5.79. The fraction of sp³-hybridized carbons (Fsp3) is 0.429. The number of hydrogen-bond acceptors (Lipinski definition) is 3. The largest absolute Gasteiger partial charge is 0.492 e. The van der Waals surface area contributed by atoms with Gasteiger partial charge in [-0.1, -0.05) is 24.0 Å². The second-order valence-electron chi connectivity index (χ2n) is 4.00. The minimum absolute atomic E-state index is 0.134. The Bertz CT molecular complexity index is 411. The van der Waals surface area contributed by atoms with E-state index < -0.39 is 0 Å². The molecular weight excluding hydrogens is 216 g/mol. The third kappa shape index (κ3) is 3.48. The van der Waals surface area contributed by atoms with Crippen molar-refractivity contribution in [3.63, 3.8) is 0 Å². The maximum atomic E-state index is 8.69. The van der Waals surface area contributed by atoms with Gasteiger partial charge in [-0.05, 0) is 18.6 Å². The molecule has 0 aliphatic carbocycles. The first-order valence-corrected chi connectivity index (χ1v) is 5.79. The molecule has 90 valence electrons. The normalized spacial score (nSPS) is 18.5. The van der Waals surface area contributed by atoms with E-state index in [9.17, 15) is 0 Å². The number of aliphatic hydroxyl groups is 1.